The Labute approximate surface area is 62.5 Å². The maximum atomic E-state index is 10.1. The van der Waals surface area contributed by atoms with Gasteiger partial charge in [0.25, 0.3) is 0 Å². The van der Waals surface area contributed by atoms with Crippen molar-refractivity contribution < 1.29 is 33.2 Å². The Balaban J connectivity index is 3.28. The van der Waals surface area contributed by atoms with Crippen molar-refractivity contribution in [3.8, 4) is 0 Å². The van der Waals surface area contributed by atoms with E-state index in [1.165, 1.54) is 0 Å². The van der Waals surface area contributed by atoms with E-state index in [4.69, 9.17) is 11.1 Å². The van der Waals surface area contributed by atoms with Gasteiger partial charge < -0.3 is 0 Å². The van der Waals surface area contributed by atoms with Crippen molar-refractivity contribution in [2.75, 3.05) is 0 Å². The average molecular weight is 214 g/mol. The molecule has 6 nitrogen and oxygen atoms in total. The summed E-state index contributed by atoms with van der Waals surface area (Å²) in [5.74, 6) is -0.457. The van der Waals surface area contributed by atoms with E-state index in [9.17, 15) is 4.79 Å². The van der Waals surface area contributed by atoms with Crippen molar-refractivity contribution in [3.63, 3.8) is 0 Å². The van der Waals surface area contributed by atoms with E-state index >= 15 is 0 Å². The van der Waals surface area contributed by atoms with E-state index in [2.05, 4.69) is 8.23 Å². The van der Waals surface area contributed by atoms with Gasteiger partial charge in [-0.1, -0.05) is 0 Å². The number of guanidine groups is 1. The van der Waals surface area contributed by atoms with E-state index in [1.807, 2.05) is 0 Å². The molecule has 0 aliphatic rings. The molecule has 51 valence electrons. The molecule has 0 amide bonds. The standard InChI is InChI=1S/C2H5N3O3.Mo/c3-1(4)5-8-2(6)7;/h(H,6,7)(H4,3,4,5);/q;+1/p-1. The summed E-state index contributed by atoms with van der Waals surface area (Å²) < 4.78 is 4.03. The van der Waals surface area contributed by atoms with E-state index < -0.39 is 12.1 Å². The van der Waals surface area contributed by atoms with Crippen LogP contribution in [0.15, 0.2) is 0 Å². The summed E-state index contributed by atoms with van der Waals surface area (Å²) >= 11 is 1.08. The van der Waals surface area contributed by atoms with Crippen LogP contribution in [0.1, 0.15) is 0 Å². The van der Waals surface area contributed by atoms with Crippen LogP contribution in [0, 0.1) is 5.41 Å². The van der Waals surface area contributed by atoms with Crippen molar-refractivity contribution in [3.05, 3.63) is 0 Å². The number of hydrogen-bond acceptors (Lipinski definition) is 4. The van der Waals surface area contributed by atoms with Gasteiger partial charge in [-0.05, 0) is 0 Å². The molecule has 0 aliphatic heterocycles. The zero-order valence-electron chi connectivity index (χ0n) is 4.21. The molecule has 7 heteroatoms. The summed E-state index contributed by atoms with van der Waals surface area (Å²) in [6, 6.07) is 0. The molecule has 0 unspecified atom stereocenters. The Kier molecular flexibility index (Phi) is 3.79. The molecule has 0 saturated heterocycles. The molecule has 4 N–H and O–H groups in total. The third-order valence-electron chi connectivity index (χ3n) is 0.312. The van der Waals surface area contributed by atoms with Crippen molar-refractivity contribution in [1.29, 1.82) is 5.41 Å². The van der Waals surface area contributed by atoms with Crippen LogP contribution in [-0.2, 0) is 28.4 Å². The molecule has 0 aliphatic carbocycles. The average Bonchev–Trinajstić information content (AvgIpc) is 1.83. The number of nitrogens with two attached hydrogens (primary N) is 1. The van der Waals surface area contributed by atoms with Crippen LogP contribution < -0.4 is 11.2 Å². The molecule has 0 aromatic carbocycles. The fraction of sp³-hybridized carbons (Fsp3) is 0. The van der Waals surface area contributed by atoms with Crippen LogP contribution in [-0.4, -0.2) is 12.1 Å². The predicted octanol–water partition coefficient (Wildman–Crippen LogP) is -1.00. The molecule has 0 fully saturated rings. The summed E-state index contributed by atoms with van der Waals surface area (Å²) in [5, 5.41) is 6.50. The molecule has 9 heavy (non-hydrogen) atoms. The van der Waals surface area contributed by atoms with E-state index in [0.29, 0.717) is 0 Å². The number of hydrogen-bond donors (Lipinski definition) is 3. The maximum absolute atomic E-state index is 10.1. The van der Waals surface area contributed by atoms with E-state index in [0.717, 1.165) is 20.2 Å². The third-order valence-corrected chi connectivity index (χ3v) is 0.647. The first-order valence-electron chi connectivity index (χ1n) is 1.77. The summed E-state index contributed by atoms with van der Waals surface area (Å²) in [7, 11) is 0. The Morgan fingerprint density at radius 3 is 2.67 bits per heavy atom. The van der Waals surface area contributed by atoms with Crippen molar-refractivity contribution in [2.45, 2.75) is 0 Å². The molecule has 0 radical (unpaired) electrons. The monoisotopic (exact) mass is 216 g/mol. The molecule has 0 heterocycles. The molecule has 0 spiro atoms. The van der Waals surface area contributed by atoms with Gasteiger partial charge in [0.2, 0.25) is 0 Å². The summed E-state index contributed by atoms with van der Waals surface area (Å²) in [6.07, 6.45) is -0.935. The SMILES string of the molecule is N=C(N)NOC(=O)[O][Mo]. The zero-order valence-corrected chi connectivity index (χ0v) is 6.22. The molecule has 0 saturated carbocycles. The minimum absolute atomic E-state index is 0.457. The number of carbonyl (C=O) groups is 1. The van der Waals surface area contributed by atoms with Gasteiger partial charge >= 0.3 is 62.0 Å². The van der Waals surface area contributed by atoms with Gasteiger partial charge in [-0.2, -0.15) is 0 Å². The minimum atomic E-state index is -0.935. The van der Waals surface area contributed by atoms with Crippen LogP contribution in [0.2, 0.25) is 0 Å². The van der Waals surface area contributed by atoms with E-state index in [1.54, 1.807) is 5.48 Å². The summed E-state index contributed by atoms with van der Waals surface area (Å²) in [4.78, 5) is 14.1. The molecule has 0 aromatic rings. The normalized spacial score (nSPS) is 7.56. The van der Waals surface area contributed by atoms with Crippen LogP contribution in [0.25, 0.3) is 0 Å². The third kappa shape index (κ3) is 5.09. The second-order valence-corrected chi connectivity index (χ2v) is 1.36. The number of carbonyl (C=O) groups excluding carboxylic acids is 1. The Bertz CT molecular complexity index is 126. The second-order valence-electron chi connectivity index (χ2n) is 0.951. The first kappa shape index (κ1) is 8.23. The molecule has 0 aromatic heterocycles. The van der Waals surface area contributed by atoms with Gasteiger partial charge in [0.15, 0.2) is 0 Å². The first-order valence-corrected chi connectivity index (χ1v) is 2.59. The van der Waals surface area contributed by atoms with E-state index in [-0.39, 0.29) is 0 Å². The van der Waals surface area contributed by atoms with Gasteiger partial charge in [0, 0.05) is 0 Å². The second kappa shape index (κ2) is 4.14. The quantitative estimate of drug-likeness (QED) is 0.208. The van der Waals surface area contributed by atoms with Gasteiger partial charge in [0.1, 0.15) is 0 Å². The Morgan fingerprint density at radius 1 is 1.78 bits per heavy atom. The van der Waals surface area contributed by atoms with Crippen LogP contribution in [0.5, 0.6) is 0 Å². The Hall–Kier alpha value is -0.772. The number of hydroxylamine groups is 1. The van der Waals surface area contributed by atoms with Crippen LogP contribution in [0.3, 0.4) is 0 Å². The molecule has 0 rings (SSSR count). The first-order chi connectivity index (χ1) is 4.16. The van der Waals surface area contributed by atoms with Crippen LogP contribution >= 0.6 is 0 Å². The van der Waals surface area contributed by atoms with Gasteiger partial charge in [0.05, 0.1) is 0 Å². The Morgan fingerprint density at radius 2 is 2.33 bits per heavy atom. The fourth-order valence-corrected chi connectivity index (χ4v) is 0.197. The molecule has 0 atom stereocenters. The van der Waals surface area contributed by atoms with Gasteiger partial charge in [-0.3, -0.25) is 0 Å². The van der Waals surface area contributed by atoms with Crippen LogP contribution in [0.4, 0.5) is 4.79 Å². The molecular weight excluding hydrogens is 210 g/mol. The predicted molar refractivity (Wildman–Crippen MR) is 22.6 cm³/mol. The topological polar surface area (TPSA) is 97.4 Å². The molecular formula is C2H4MoN3O3. The number of nitrogens with one attached hydrogen (secondary N) is 2. The van der Waals surface area contributed by atoms with Crippen molar-refractivity contribution in [2.24, 2.45) is 5.73 Å². The summed E-state index contributed by atoms with van der Waals surface area (Å²) in [5.41, 5.74) is 6.52. The van der Waals surface area contributed by atoms with Gasteiger partial charge in [-0.25, -0.2) is 0 Å². The number of rotatable bonds is 0. The fourth-order valence-electron chi connectivity index (χ4n) is 0.114. The summed E-state index contributed by atoms with van der Waals surface area (Å²) in [6.45, 7) is 0. The van der Waals surface area contributed by atoms with Crippen molar-refractivity contribution >= 4 is 12.1 Å². The molecule has 0 bridgehead atoms. The van der Waals surface area contributed by atoms with Gasteiger partial charge in [-0.15, -0.1) is 0 Å². The van der Waals surface area contributed by atoms with Crippen molar-refractivity contribution in [1.82, 2.24) is 5.48 Å². The zero-order chi connectivity index (χ0) is 7.28.